The summed E-state index contributed by atoms with van der Waals surface area (Å²) in [5.74, 6) is 0. The lowest BCUT2D eigenvalue weighted by atomic mass is 10.1. The number of nitrogens with one attached hydrogen (secondary N) is 2. The molecule has 0 aliphatic carbocycles. The van der Waals surface area contributed by atoms with Gasteiger partial charge in [0.2, 0.25) is 0 Å². The molecule has 3 aromatic rings. The highest BCUT2D eigenvalue weighted by Gasteiger charge is 2.05. The highest BCUT2D eigenvalue weighted by atomic mass is 16.3. The van der Waals surface area contributed by atoms with Crippen molar-refractivity contribution in [1.29, 1.82) is 0 Å². The molecule has 5 heteroatoms. The Hall–Kier alpha value is -2.79. The first-order valence-electron chi connectivity index (χ1n) is 8.52. The molecule has 0 fully saturated rings. The van der Waals surface area contributed by atoms with Crippen LogP contribution in [0, 0.1) is 0 Å². The number of urea groups is 1. The molecule has 0 aliphatic rings. The molecule has 0 saturated carbocycles. The zero-order valence-electron chi connectivity index (χ0n) is 14.3. The second-order valence-electron chi connectivity index (χ2n) is 5.98. The lowest BCUT2D eigenvalue weighted by Crippen LogP contribution is -2.30. The molecule has 0 spiro atoms. The molecule has 1 aromatic heterocycles. The predicted molar refractivity (Wildman–Crippen MR) is 101 cm³/mol. The Labute approximate surface area is 147 Å². The monoisotopic (exact) mass is 337 g/mol. The summed E-state index contributed by atoms with van der Waals surface area (Å²) in [5, 5.41) is 16.0. The fourth-order valence-corrected chi connectivity index (χ4v) is 2.84. The first-order valence-corrected chi connectivity index (χ1v) is 8.52. The molecule has 0 atom stereocenters. The molecule has 3 rings (SSSR count). The van der Waals surface area contributed by atoms with E-state index >= 15 is 0 Å². The van der Waals surface area contributed by atoms with Crippen molar-refractivity contribution in [2.75, 3.05) is 11.9 Å². The molecule has 25 heavy (non-hydrogen) atoms. The number of hydrogen-bond donors (Lipinski definition) is 3. The van der Waals surface area contributed by atoms with Crippen LogP contribution >= 0.6 is 0 Å². The van der Waals surface area contributed by atoms with Gasteiger partial charge in [-0.05, 0) is 48.1 Å². The van der Waals surface area contributed by atoms with Crippen molar-refractivity contribution in [2.24, 2.45) is 0 Å². The number of aliphatic hydroxyl groups excluding tert-OH is 1. The van der Waals surface area contributed by atoms with E-state index in [9.17, 15) is 4.79 Å². The van der Waals surface area contributed by atoms with Gasteiger partial charge in [-0.1, -0.05) is 30.3 Å². The fourth-order valence-electron chi connectivity index (χ4n) is 2.84. The summed E-state index contributed by atoms with van der Waals surface area (Å²) in [6.45, 7) is 3.60. The van der Waals surface area contributed by atoms with Gasteiger partial charge in [0.1, 0.15) is 0 Å². The minimum atomic E-state index is -0.207. The van der Waals surface area contributed by atoms with Crippen molar-refractivity contribution in [3.63, 3.8) is 0 Å². The highest BCUT2D eigenvalue weighted by molar-refractivity contribution is 5.92. The lowest BCUT2D eigenvalue weighted by Gasteiger charge is -2.09. The summed E-state index contributed by atoms with van der Waals surface area (Å²) < 4.78 is 2.15. The number of nitrogens with zero attached hydrogens (tertiary/aromatic N) is 1. The topological polar surface area (TPSA) is 66.3 Å². The number of aryl methyl sites for hydroxylation is 1. The van der Waals surface area contributed by atoms with Crippen LogP contribution in [0.25, 0.3) is 10.9 Å². The molecule has 0 unspecified atom stereocenters. The number of amides is 2. The lowest BCUT2D eigenvalue weighted by molar-refractivity contribution is 0.252. The van der Waals surface area contributed by atoms with Gasteiger partial charge in [-0.15, -0.1) is 0 Å². The Morgan fingerprint density at radius 1 is 1.08 bits per heavy atom. The summed E-state index contributed by atoms with van der Waals surface area (Å²) in [7, 11) is 0. The molecule has 130 valence electrons. The summed E-state index contributed by atoms with van der Waals surface area (Å²) in [6.07, 6.45) is 2.80. The second-order valence-corrected chi connectivity index (χ2v) is 5.98. The smallest absolute Gasteiger partial charge is 0.319 e. The number of carbonyl (C=O) groups excluding carboxylic acids is 1. The van der Waals surface area contributed by atoms with Crippen molar-refractivity contribution in [2.45, 2.75) is 26.5 Å². The van der Waals surface area contributed by atoms with Gasteiger partial charge < -0.3 is 20.3 Å². The maximum Gasteiger partial charge on any atom is 0.319 e. The van der Waals surface area contributed by atoms with Crippen LogP contribution < -0.4 is 10.6 Å². The van der Waals surface area contributed by atoms with Gasteiger partial charge in [0.25, 0.3) is 0 Å². The largest absolute Gasteiger partial charge is 0.392 e. The number of carbonyl (C=O) groups is 1. The van der Waals surface area contributed by atoms with Crippen LogP contribution in [0.2, 0.25) is 0 Å². The number of aromatic nitrogens is 1. The number of aliphatic hydroxyl groups is 1. The molecule has 0 radical (unpaired) electrons. The van der Waals surface area contributed by atoms with E-state index in [4.69, 9.17) is 5.11 Å². The molecule has 0 aliphatic heterocycles. The van der Waals surface area contributed by atoms with Gasteiger partial charge in [-0.3, -0.25) is 0 Å². The van der Waals surface area contributed by atoms with Crippen LogP contribution in [0.1, 0.15) is 18.1 Å². The van der Waals surface area contributed by atoms with Crippen molar-refractivity contribution in [3.05, 3.63) is 65.9 Å². The van der Waals surface area contributed by atoms with Crippen LogP contribution in [-0.4, -0.2) is 22.2 Å². The predicted octanol–water partition coefficient (Wildman–Crippen LogP) is 3.52. The molecular formula is C20H23N3O2. The third-order valence-corrected chi connectivity index (χ3v) is 4.28. The zero-order chi connectivity index (χ0) is 17.6. The minimum absolute atomic E-state index is 0.0483. The zero-order valence-corrected chi connectivity index (χ0v) is 14.3. The van der Waals surface area contributed by atoms with Gasteiger partial charge in [0.15, 0.2) is 0 Å². The van der Waals surface area contributed by atoms with E-state index < -0.39 is 0 Å². The Balaban J connectivity index is 1.53. The number of hydrogen-bond acceptors (Lipinski definition) is 2. The van der Waals surface area contributed by atoms with Gasteiger partial charge in [-0.2, -0.15) is 0 Å². The molecule has 3 N–H and O–H groups in total. The first-order chi connectivity index (χ1) is 12.2. The van der Waals surface area contributed by atoms with Gasteiger partial charge >= 0.3 is 6.03 Å². The summed E-state index contributed by atoms with van der Waals surface area (Å²) >= 11 is 0. The van der Waals surface area contributed by atoms with E-state index in [-0.39, 0.29) is 12.6 Å². The minimum Gasteiger partial charge on any atom is -0.392 e. The average Bonchev–Trinajstić information content (AvgIpc) is 3.04. The van der Waals surface area contributed by atoms with E-state index in [0.717, 1.165) is 35.3 Å². The summed E-state index contributed by atoms with van der Waals surface area (Å²) in [4.78, 5) is 12.1. The third kappa shape index (κ3) is 4.19. The number of benzene rings is 2. The van der Waals surface area contributed by atoms with Crippen LogP contribution in [0.3, 0.4) is 0 Å². The fraction of sp³-hybridized carbons (Fsp3) is 0.250. The average molecular weight is 337 g/mol. The Bertz CT molecular complexity index is 853. The molecule has 0 bridgehead atoms. The Kier molecular flexibility index (Phi) is 5.36. The number of fused-ring (bicyclic) bond motifs is 1. The third-order valence-electron chi connectivity index (χ3n) is 4.28. The normalized spacial score (nSPS) is 10.8. The standard InChI is InChI=1S/C20H23N3O2/c1-2-23-12-10-17-7-8-18(13-19(17)23)22-20(25)21-11-9-15-3-5-16(14-24)6-4-15/h3-8,10,12-13,24H,2,9,11,14H2,1H3,(H2,21,22,25). The van der Waals surface area contributed by atoms with E-state index in [0.29, 0.717) is 6.54 Å². The van der Waals surface area contributed by atoms with Gasteiger partial charge in [-0.25, -0.2) is 4.79 Å². The van der Waals surface area contributed by atoms with Crippen LogP contribution in [0.4, 0.5) is 10.5 Å². The molecule has 2 aromatic carbocycles. The van der Waals surface area contributed by atoms with Crippen LogP contribution in [-0.2, 0) is 19.6 Å². The second kappa shape index (κ2) is 7.85. The summed E-state index contributed by atoms with van der Waals surface area (Å²) in [5.41, 5.74) is 3.91. The highest BCUT2D eigenvalue weighted by Crippen LogP contribution is 2.20. The molecule has 2 amide bonds. The number of rotatable bonds is 6. The maximum absolute atomic E-state index is 12.1. The molecule has 0 saturated heterocycles. The van der Waals surface area contributed by atoms with E-state index in [1.54, 1.807) is 0 Å². The van der Waals surface area contributed by atoms with Crippen LogP contribution in [0.5, 0.6) is 0 Å². The summed E-state index contributed by atoms with van der Waals surface area (Å²) in [6, 6.07) is 15.5. The maximum atomic E-state index is 12.1. The number of anilines is 1. The van der Waals surface area contributed by atoms with Crippen molar-refractivity contribution < 1.29 is 9.90 Å². The molecule has 1 heterocycles. The SMILES string of the molecule is CCn1ccc2ccc(NC(=O)NCCc3ccc(CO)cc3)cc21. The van der Waals surface area contributed by atoms with Gasteiger partial charge in [0.05, 0.1) is 12.1 Å². The molecule has 5 nitrogen and oxygen atoms in total. The quantitative estimate of drug-likeness (QED) is 0.644. The van der Waals surface area contributed by atoms with Gasteiger partial charge in [0, 0.05) is 25.0 Å². The van der Waals surface area contributed by atoms with E-state index in [1.165, 1.54) is 5.39 Å². The van der Waals surface area contributed by atoms with Crippen molar-refractivity contribution >= 4 is 22.6 Å². The van der Waals surface area contributed by atoms with E-state index in [2.05, 4.69) is 34.4 Å². The Morgan fingerprint density at radius 2 is 1.84 bits per heavy atom. The van der Waals surface area contributed by atoms with Crippen molar-refractivity contribution in [1.82, 2.24) is 9.88 Å². The molecular weight excluding hydrogens is 314 g/mol. The van der Waals surface area contributed by atoms with E-state index in [1.807, 2.05) is 42.5 Å². The van der Waals surface area contributed by atoms with Crippen LogP contribution in [0.15, 0.2) is 54.7 Å². The Morgan fingerprint density at radius 3 is 2.56 bits per heavy atom. The van der Waals surface area contributed by atoms with Crippen molar-refractivity contribution in [3.8, 4) is 0 Å². The first kappa shape index (κ1) is 17.0.